The quantitative estimate of drug-likeness (QED) is 0.528. The molecule has 0 unspecified atom stereocenters. The number of hydrogen-bond donors (Lipinski definition) is 3. The van der Waals surface area contributed by atoms with E-state index in [9.17, 15) is 14.7 Å². The number of carbonyl (C=O) groups is 2. The first kappa shape index (κ1) is 14.8. The monoisotopic (exact) mass is 286 g/mol. The first-order chi connectivity index (χ1) is 8.88. The number of aliphatic carboxylic acids is 2. The van der Waals surface area contributed by atoms with E-state index in [4.69, 9.17) is 21.8 Å². The zero-order valence-corrected chi connectivity index (χ0v) is 10.4. The van der Waals surface area contributed by atoms with E-state index in [-0.39, 0.29) is 10.8 Å². The molecule has 8 heteroatoms. The Balaban J connectivity index is 2.81. The highest BCUT2D eigenvalue weighted by atomic mass is 35.5. The second-order valence-electron chi connectivity index (χ2n) is 3.57. The Hall–Kier alpha value is -2.28. The molecule has 1 aromatic rings. The lowest BCUT2D eigenvalue weighted by Crippen LogP contribution is -2.30. The molecule has 1 aromatic carbocycles. The maximum Gasteiger partial charge on any atom is 0.324 e. The standard InChI is InChI=1S/C11H11ClN2O5/c12-8-3-7(1-2-9(8)15)4-13-14(5-10(16)17)6-11(18)19/h1-4,15H,5-6H2,(H,16,17)(H,18,19)/b13-4-. The predicted molar refractivity (Wildman–Crippen MR) is 67.6 cm³/mol. The van der Waals surface area contributed by atoms with Crippen LogP contribution in [0.1, 0.15) is 5.56 Å². The summed E-state index contributed by atoms with van der Waals surface area (Å²) in [6.45, 7) is -1.07. The molecule has 0 fully saturated rings. The maximum atomic E-state index is 10.5. The van der Waals surface area contributed by atoms with Crippen LogP contribution in [-0.4, -0.2) is 51.6 Å². The molecular weight excluding hydrogens is 276 g/mol. The second kappa shape index (κ2) is 6.60. The summed E-state index contributed by atoms with van der Waals surface area (Å²) in [5, 5.41) is 31.2. The van der Waals surface area contributed by atoms with Gasteiger partial charge < -0.3 is 15.3 Å². The fourth-order valence-corrected chi connectivity index (χ4v) is 1.39. The number of phenolic OH excluding ortho intramolecular Hbond substituents is 1. The molecule has 7 nitrogen and oxygen atoms in total. The van der Waals surface area contributed by atoms with Crippen molar-refractivity contribution in [1.29, 1.82) is 0 Å². The van der Waals surface area contributed by atoms with Crippen molar-refractivity contribution in [2.75, 3.05) is 13.1 Å². The molecule has 0 bridgehead atoms. The van der Waals surface area contributed by atoms with Crippen LogP contribution in [0.2, 0.25) is 5.02 Å². The lowest BCUT2D eigenvalue weighted by Gasteiger charge is -2.13. The van der Waals surface area contributed by atoms with Crippen molar-refractivity contribution in [2.45, 2.75) is 0 Å². The highest BCUT2D eigenvalue weighted by molar-refractivity contribution is 6.32. The minimum absolute atomic E-state index is 0.0910. The molecule has 102 valence electrons. The van der Waals surface area contributed by atoms with Gasteiger partial charge in [0.2, 0.25) is 0 Å². The third-order valence-corrected chi connectivity index (χ3v) is 2.28. The molecule has 0 radical (unpaired) electrons. The molecule has 0 aliphatic heterocycles. The third kappa shape index (κ3) is 5.26. The Morgan fingerprint density at radius 3 is 2.32 bits per heavy atom. The van der Waals surface area contributed by atoms with Crippen LogP contribution in [0.4, 0.5) is 0 Å². The summed E-state index contributed by atoms with van der Waals surface area (Å²) >= 11 is 5.68. The Morgan fingerprint density at radius 2 is 1.84 bits per heavy atom. The van der Waals surface area contributed by atoms with Crippen molar-refractivity contribution in [2.24, 2.45) is 5.10 Å². The first-order valence-electron chi connectivity index (χ1n) is 5.09. The van der Waals surface area contributed by atoms with Crippen LogP contribution in [0, 0.1) is 0 Å². The second-order valence-corrected chi connectivity index (χ2v) is 3.97. The minimum atomic E-state index is -1.19. The van der Waals surface area contributed by atoms with Crippen LogP contribution < -0.4 is 0 Å². The molecule has 0 spiro atoms. The fourth-order valence-electron chi connectivity index (χ4n) is 1.20. The average molecular weight is 287 g/mol. The molecule has 0 heterocycles. The van der Waals surface area contributed by atoms with Crippen molar-refractivity contribution in [3.63, 3.8) is 0 Å². The van der Waals surface area contributed by atoms with Crippen LogP contribution in [-0.2, 0) is 9.59 Å². The van der Waals surface area contributed by atoms with Crippen LogP contribution in [0.5, 0.6) is 5.75 Å². The van der Waals surface area contributed by atoms with E-state index >= 15 is 0 Å². The van der Waals surface area contributed by atoms with E-state index in [1.165, 1.54) is 24.4 Å². The van der Waals surface area contributed by atoms with Gasteiger partial charge in [0.1, 0.15) is 18.8 Å². The topological polar surface area (TPSA) is 110 Å². The van der Waals surface area contributed by atoms with Crippen molar-refractivity contribution < 1.29 is 24.9 Å². The van der Waals surface area contributed by atoms with Gasteiger partial charge in [0.05, 0.1) is 11.2 Å². The molecule has 19 heavy (non-hydrogen) atoms. The Bertz CT molecular complexity index is 502. The van der Waals surface area contributed by atoms with E-state index in [1.807, 2.05) is 0 Å². The molecule has 1 rings (SSSR count). The number of benzene rings is 1. The molecule has 3 N–H and O–H groups in total. The molecule has 0 aliphatic rings. The molecule has 0 aromatic heterocycles. The molecular formula is C11H11ClN2O5. The summed E-state index contributed by atoms with van der Waals surface area (Å²) in [6.07, 6.45) is 1.26. The van der Waals surface area contributed by atoms with Gasteiger partial charge >= 0.3 is 11.9 Å². The van der Waals surface area contributed by atoms with Gasteiger partial charge in [-0.15, -0.1) is 0 Å². The predicted octanol–water partition coefficient (Wildman–Crippen LogP) is 0.851. The van der Waals surface area contributed by atoms with Gasteiger partial charge in [0.15, 0.2) is 0 Å². The molecule has 0 saturated heterocycles. The number of carboxylic acids is 2. The number of carboxylic acid groups (broad SMARTS) is 2. The van der Waals surface area contributed by atoms with Gasteiger partial charge in [0.25, 0.3) is 0 Å². The number of nitrogens with zero attached hydrogens (tertiary/aromatic N) is 2. The largest absolute Gasteiger partial charge is 0.506 e. The third-order valence-electron chi connectivity index (χ3n) is 1.98. The summed E-state index contributed by atoms with van der Waals surface area (Å²) in [5.74, 6) is -2.48. The van der Waals surface area contributed by atoms with Gasteiger partial charge in [-0.3, -0.25) is 14.6 Å². The van der Waals surface area contributed by atoms with E-state index in [0.29, 0.717) is 5.56 Å². The number of hydrazone groups is 1. The van der Waals surface area contributed by atoms with Crippen molar-refractivity contribution in [3.8, 4) is 5.75 Å². The minimum Gasteiger partial charge on any atom is -0.506 e. The zero-order chi connectivity index (χ0) is 14.4. The lowest BCUT2D eigenvalue weighted by atomic mass is 10.2. The van der Waals surface area contributed by atoms with Gasteiger partial charge in [0, 0.05) is 0 Å². The van der Waals surface area contributed by atoms with Crippen LogP contribution in [0.3, 0.4) is 0 Å². The summed E-state index contributed by atoms with van der Waals surface area (Å²) in [4.78, 5) is 21.1. The van der Waals surface area contributed by atoms with Gasteiger partial charge in [-0.1, -0.05) is 11.6 Å². The van der Waals surface area contributed by atoms with Crippen LogP contribution >= 0.6 is 11.6 Å². The number of phenols is 1. The summed E-state index contributed by atoms with van der Waals surface area (Å²) in [5.41, 5.74) is 0.503. The number of halogens is 1. The normalized spacial score (nSPS) is 10.6. The van der Waals surface area contributed by atoms with Crippen molar-refractivity contribution in [3.05, 3.63) is 28.8 Å². The lowest BCUT2D eigenvalue weighted by molar-refractivity contribution is -0.141. The molecule has 0 atom stereocenters. The van der Waals surface area contributed by atoms with Crippen molar-refractivity contribution in [1.82, 2.24) is 5.01 Å². The Labute approximate surface area is 113 Å². The Kier molecular flexibility index (Phi) is 5.13. The highest BCUT2D eigenvalue weighted by Crippen LogP contribution is 2.22. The number of aromatic hydroxyl groups is 1. The summed E-state index contributed by atoms with van der Waals surface area (Å²) in [6, 6.07) is 4.27. The van der Waals surface area contributed by atoms with Gasteiger partial charge in [-0.25, -0.2) is 0 Å². The van der Waals surface area contributed by atoms with E-state index < -0.39 is 25.0 Å². The highest BCUT2D eigenvalue weighted by Gasteiger charge is 2.10. The SMILES string of the molecule is O=C(O)CN(CC(=O)O)/N=C\c1ccc(O)c(Cl)c1. The van der Waals surface area contributed by atoms with Gasteiger partial charge in [-0.2, -0.15) is 5.10 Å². The van der Waals surface area contributed by atoms with E-state index in [1.54, 1.807) is 0 Å². The smallest absolute Gasteiger partial charge is 0.324 e. The summed E-state index contributed by atoms with van der Waals surface area (Å²) < 4.78 is 0. The summed E-state index contributed by atoms with van der Waals surface area (Å²) in [7, 11) is 0. The fraction of sp³-hybridized carbons (Fsp3) is 0.182. The molecule has 0 saturated carbocycles. The number of rotatable bonds is 6. The van der Waals surface area contributed by atoms with Crippen LogP contribution in [0.15, 0.2) is 23.3 Å². The zero-order valence-electron chi connectivity index (χ0n) is 9.65. The van der Waals surface area contributed by atoms with E-state index in [0.717, 1.165) is 5.01 Å². The van der Waals surface area contributed by atoms with E-state index in [2.05, 4.69) is 5.10 Å². The van der Waals surface area contributed by atoms with Crippen molar-refractivity contribution >= 4 is 29.8 Å². The molecule has 0 amide bonds. The Morgan fingerprint density at radius 1 is 1.26 bits per heavy atom. The average Bonchev–Trinajstić information content (AvgIpc) is 2.29. The first-order valence-corrected chi connectivity index (χ1v) is 5.47. The number of hydrogen-bond acceptors (Lipinski definition) is 5. The maximum absolute atomic E-state index is 10.5. The molecule has 0 aliphatic carbocycles. The van der Waals surface area contributed by atoms with Gasteiger partial charge in [-0.05, 0) is 23.8 Å². The van der Waals surface area contributed by atoms with Crippen LogP contribution in [0.25, 0.3) is 0 Å².